The Bertz CT molecular complexity index is 515. The van der Waals surface area contributed by atoms with E-state index in [9.17, 15) is 19.8 Å². The second-order valence-electron chi connectivity index (χ2n) is 7.76. The molecule has 0 spiro atoms. The van der Waals surface area contributed by atoms with E-state index in [0.717, 1.165) is 19.3 Å². The van der Waals surface area contributed by atoms with Crippen molar-refractivity contribution in [2.45, 2.75) is 103 Å². The average Bonchev–Trinajstić information content (AvgIpc) is 3.00. The molecule has 0 amide bonds. The van der Waals surface area contributed by atoms with Gasteiger partial charge in [-0.1, -0.05) is 77.6 Å². The first-order chi connectivity index (χ1) is 14.0. The molecule has 2 atom stereocenters. The second-order valence-corrected chi connectivity index (χ2v) is 7.76. The van der Waals surface area contributed by atoms with Gasteiger partial charge >= 0.3 is 5.97 Å². The first-order valence-corrected chi connectivity index (χ1v) is 11.1. The molecule has 1 aliphatic heterocycles. The number of aliphatic hydroxyl groups excluding tert-OH is 3. The van der Waals surface area contributed by atoms with Crippen LogP contribution in [0.4, 0.5) is 0 Å². The van der Waals surface area contributed by atoms with Crippen molar-refractivity contribution < 1.29 is 34.4 Å². The summed E-state index contributed by atoms with van der Waals surface area (Å²) in [5, 5.41) is 28.2. The number of ether oxygens (including phenoxy) is 2. The van der Waals surface area contributed by atoms with Gasteiger partial charge in [-0.05, 0) is 6.42 Å². The van der Waals surface area contributed by atoms with Crippen LogP contribution < -0.4 is 0 Å². The molecule has 168 valence electrons. The number of hydrogen-bond acceptors (Lipinski definition) is 7. The van der Waals surface area contributed by atoms with Gasteiger partial charge in [0, 0.05) is 6.42 Å². The van der Waals surface area contributed by atoms with Crippen molar-refractivity contribution in [3.8, 4) is 0 Å². The molecule has 7 heteroatoms. The summed E-state index contributed by atoms with van der Waals surface area (Å²) in [4.78, 5) is 23.3. The predicted octanol–water partition coefficient (Wildman–Crippen LogP) is 3.71. The van der Waals surface area contributed by atoms with Gasteiger partial charge in [-0.25, -0.2) is 4.79 Å². The highest BCUT2D eigenvalue weighted by atomic mass is 16.6. The van der Waals surface area contributed by atoms with Gasteiger partial charge in [0.1, 0.15) is 12.7 Å². The number of carbonyl (C=O) groups excluding carboxylic acids is 2. The maximum absolute atomic E-state index is 11.9. The highest BCUT2D eigenvalue weighted by Gasteiger charge is 2.40. The third-order valence-corrected chi connectivity index (χ3v) is 5.15. The molecule has 0 saturated heterocycles. The SMILES string of the molecule is CCCCCCCCCCCCCCC(=O)COC1=C(O)C(=O)O[C@@H]1[C@@H](O)CO. The summed E-state index contributed by atoms with van der Waals surface area (Å²) >= 11 is 0. The summed E-state index contributed by atoms with van der Waals surface area (Å²) in [7, 11) is 0. The average molecular weight is 415 g/mol. The molecule has 0 fully saturated rings. The highest BCUT2D eigenvalue weighted by Crippen LogP contribution is 2.25. The first-order valence-electron chi connectivity index (χ1n) is 11.1. The van der Waals surface area contributed by atoms with Crippen molar-refractivity contribution in [1.29, 1.82) is 0 Å². The van der Waals surface area contributed by atoms with Crippen molar-refractivity contribution in [3.63, 3.8) is 0 Å². The maximum Gasteiger partial charge on any atom is 0.378 e. The van der Waals surface area contributed by atoms with E-state index in [1.54, 1.807) is 0 Å². The lowest BCUT2D eigenvalue weighted by molar-refractivity contribution is -0.148. The van der Waals surface area contributed by atoms with E-state index in [1.165, 1.54) is 57.8 Å². The zero-order valence-electron chi connectivity index (χ0n) is 17.7. The molecule has 0 aromatic rings. The molecule has 7 nitrogen and oxygen atoms in total. The van der Waals surface area contributed by atoms with E-state index >= 15 is 0 Å². The van der Waals surface area contributed by atoms with Gasteiger partial charge in [0.05, 0.1) is 6.61 Å². The molecule has 0 radical (unpaired) electrons. The number of ketones is 1. The van der Waals surface area contributed by atoms with Crippen molar-refractivity contribution in [3.05, 3.63) is 11.5 Å². The lowest BCUT2D eigenvalue weighted by Gasteiger charge is -2.18. The number of rotatable bonds is 18. The fourth-order valence-electron chi connectivity index (χ4n) is 3.35. The number of unbranched alkanes of at least 4 members (excludes halogenated alkanes) is 11. The van der Waals surface area contributed by atoms with E-state index in [0.29, 0.717) is 6.42 Å². The van der Waals surface area contributed by atoms with Crippen LogP contribution in [-0.2, 0) is 19.1 Å². The van der Waals surface area contributed by atoms with Crippen molar-refractivity contribution in [1.82, 2.24) is 0 Å². The number of aliphatic hydroxyl groups is 3. The monoisotopic (exact) mass is 414 g/mol. The number of hydrogen-bond donors (Lipinski definition) is 3. The predicted molar refractivity (Wildman–Crippen MR) is 109 cm³/mol. The lowest BCUT2D eigenvalue weighted by Crippen LogP contribution is -2.33. The molecule has 1 rings (SSSR count). The summed E-state index contributed by atoms with van der Waals surface area (Å²) < 4.78 is 9.94. The van der Waals surface area contributed by atoms with E-state index < -0.39 is 30.5 Å². The largest absolute Gasteiger partial charge is 0.499 e. The maximum atomic E-state index is 11.9. The van der Waals surface area contributed by atoms with Gasteiger partial charge in [-0.3, -0.25) is 4.79 Å². The topological polar surface area (TPSA) is 113 Å². The fourth-order valence-corrected chi connectivity index (χ4v) is 3.35. The summed E-state index contributed by atoms with van der Waals surface area (Å²) in [5.74, 6) is -2.24. The third-order valence-electron chi connectivity index (χ3n) is 5.15. The molecule has 1 heterocycles. The van der Waals surface area contributed by atoms with Crippen LogP contribution in [0.2, 0.25) is 0 Å². The standard InChI is InChI=1S/C22H38O7/c1-2-3-4-5-6-7-8-9-10-11-12-13-14-17(24)16-28-21-19(26)22(27)29-20(21)18(25)15-23/h18,20,23,25-26H,2-16H2,1H3/t18-,20+/m0/s1. The van der Waals surface area contributed by atoms with E-state index in [1.807, 2.05) is 0 Å². The van der Waals surface area contributed by atoms with Crippen LogP contribution >= 0.6 is 0 Å². The molecule has 0 saturated carbocycles. The molecule has 0 unspecified atom stereocenters. The minimum atomic E-state index is -1.41. The third kappa shape index (κ3) is 10.1. The van der Waals surface area contributed by atoms with Gasteiger partial charge in [0.25, 0.3) is 0 Å². The van der Waals surface area contributed by atoms with Crippen LogP contribution in [0.5, 0.6) is 0 Å². The van der Waals surface area contributed by atoms with Crippen LogP contribution in [0.25, 0.3) is 0 Å². The van der Waals surface area contributed by atoms with Crippen LogP contribution in [0.15, 0.2) is 11.5 Å². The molecule has 1 aliphatic rings. The van der Waals surface area contributed by atoms with Crippen LogP contribution in [-0.4, -0.2) is 52.5 Å². The van der Waals surface area contributed by atoms with Crippen LogP contribution in [0.3, 0.4) is 0 Å². The van der Waals surface area contributed by atoms with Gasteiger partial charge in [0.2, 0.25) is 5.76 Å². The Morgan fingerprint density at radius 2 is 1.52 bits per heavy atom. The molecule has 0 aromatic heterocycles. The van der Waals surface area contributed by atoms with Crippen molar-refractivity contribution in [2.75, 3.05) is 13.2 Å². The number of carbonyl (C=O) groups is 2. The van der Waals surface area contributed by atoms with Crippen molar-refractivity contribution >= 4 is 11.8 Å². The van der Waals surface area contributed by atoms with E-state index in [2.05, 4.69) is 6.92 Å². The zero-order chi connectivity index (χ0) is 21.5. The summed E-state index contributed by atoms with van der Waals surface area (Å²) in [6.45, 7) is 1.27. The van der Waals surface area contributed by atoms with E-state index in [-0.39, 0.29) is 18.1 Å². The second kappa shape index (κ2) is 15.3. The smallest absolute Gasteiger partial charge is 0.378 e. The lowest BCUT2D eigenvalue weighted by atomic mass is 10.0. The summed E-state index contributed by atoms with van der Waals surface area (Å²) in [5.41, 5.74) is 0. The Hall–Kier alpha value is -1.60. The van der Waals surface area contributed by atoms with Gasteiger partial charge in [-0.15, -0.1) is 0 Å². The van der Waals surface area contributed by atoms with E-state index in [4.69, 9.17) is 14.6 Å². The Morgan fingerprint density at radius 3 is 2.03 bits per heavy atom. The van der Waals surface area contributed by atoms with Crippen LogP contribution in [0.1, 0.15) is 90.4 Å². The number of esters is 1. The number of cyclic esters (lactones) is 1. The zero-order valence-corrected chi connectivity index (χ0v) is 17.7. The molecule has 29 heavy (non-hydrogen) atoms. The minimum Gasteiger partial charge on any atom is -0.499 e. The molecular formula is C22H38O7. The van der Waals surface area contributed by atoms with Crippen molar-refractivity contribution in [2.24, 2.45) is 0 Å². The Kier molecular flexibility index (Phi) is 13.4. The van der Waals surface area contributed by atoms with Gasteiger partial charge < -0.3 is 24.8 Å². The molecule has 0 aliphatic carbocycles. The Balaban J connectivity index is 2.06. The Labute approximate surface area is 174 Å². The van der Waals surface area contributed by atoms with Gasteiger partial charge in [0.15, 0.2) is 17.6 Å². The first kappa shape index (κ1) is 25.4. The quantitative estimate of drug-likeness (QED) is 0.231. The summed E-state index contributed by atoms with van der Waals surface area (Å²) in [6.07, 6.45) is 12.3. The molecule has 0 bridgehead atoms. The molecule has 0 aromatic carbocycles. The minimum absolute atomic E-state index is 0.144. The van der Waals surface area contributed by atoms with Gasteiger partial charge in [-0.2, -0.15) is 0 Å². The Morgan fingerprint density at radius 1 is 1.00 bits per heavy atom. The number of Topliss-reactive ketones (excluding diaryl/α,β-unsaturated/α-hetero) is 1. The molecule has 3 N–H and O–H groups in total. The molecular weight excluding hydrogens is 376 g/mol. The van der Waals surface area contributed by atoms with Crippen LogP contribution in [0, 0.1) is 0 Å². The normalized spacial score (nSPS) is 17.5. The highest BCUT2D eigenvalue weighted by molar-refractivity contribution is 5.89. The summed E-state index contributed by atoms with van der Waals surface area (Å²) in [6, 6.07) is 0. The fraction of sp³-hybridized carbons (Fsp3) is 0.818.